The minimum absolute atomic E-state index is 0.734. The van der Waals surface area contributed by atoms with Gasteiger partial charge in [0.1, 0.15) is 12.7 Å². The molecule has 5 nitrogen and oxygen atoms in total. The summed E-state index contributed by atoms with van der Waals surface area (Å²) in [4.78, 5) is 3.93. The molecular formula is C16H17N5. The summed E-state index contributed by atoms with van der Waals surface area (Å²) in [5.41, 5.74) is 10.1. The average molecular weight is 279 g/mol. The normalized spacial score (nSPS) is 10.5. The number of hydrogen-bond donors (Lipinski definition) is 2. The van der Waals surface area contributed by atoms with E-state index in [9.17, 15) is 0 Å². The number of hydrogen-bond acceptors (Lipinski definition) is 4. The first-order valence-corrected chi connectivity index (χ1v) is 6.85. The lowest BCUT2D eigenvalue weighted by atomic mass is 10.0. The van der Waals surface area contributed by atoms with Crippen LogP contribution < -0.4 is 11.1 Å². The van der Waals surface area contributed by atoms with Gasteiger partial charge in [0.15, 0.2) is 0 Å². The summed E-state index contributed by atoms with van der Waals surface area (Å²) < 4.78 is 1.79. The van der Waals surface area contributed by atoms with E-state index in [2.05, 4.69) is 33.6 Å². The Morgan fingerprint density at radius 2 is 1.90 bits per heavy atom. The van der Waals surface area contributed by atoms with Crippen LogP contribution in [0.4, 0.5) is 11.4 Å². The number of nitrogens with two attached hydrogens (primary N) is 1. The lowest BCUT2D eigenvalue weighted by Gasteiger charge is -2.14. The Kier molecular flexibility index (Phi) is 3.82. The molecular weight excluding hydrogens is 262 g/mol. The third-order valence-electron chi connectivity index (χ3n) is 3.29. The van der Waals surface area contributed by atoms with Gasteiger partial charge >= 0.3 is 0 Å². The van der Waals surface area contributed by atoms with E-state index in [1.165, 1.54) is 6.33 Å². The third-order valence-corrected chi connectivity index (χ3v) is 3.29. The van der Waals surface area contributed by atoms with Crippen LogP contribution in [0.25, 0.3) is 11.1 Å². The summed E-state index contributed by atoms with van der Waals surface area (Å²) in [5, 5.41) is 7.49. The summed E-state index contributed by atoms with van der Waals surface area (Å²) in [5.74, 6) is 0. The van der Waals surface area contributed by atoms with Gasteiger partial charge < -0.3 is 11.1 Å². The molecule has 0 aliphatic carbocycles. The average Bonchev–Trinajstić information content (AvgIpc) is 3.03. The van der Waals surface area contributed by atoms with E-state index < -0.39 is 0 Å². The zero-order chi connectivity index (χ0) is 14.5. The van der Waals surface area contributed by atoms with Gasteiger partial charge in [0.25, 0.3) is 0 Å². The standard InChI is InChI=1S/C16H17N5/c17-15-8-4-7-14(13-5-2-1-3-6-13)16(15)19-9-10-21-12-18-11-20-21/h1-8,11-12,19H,9-10,17H2. The minimum Gasteiger partial charge on any atom is -0.397 e. The highest BCUT2D eigenvalue weighted by atomic mass is 15.3. The van der Waals surface area contributed by atoms with Crippen LogP contribution in [0.15, 0.2) is 61.2 Å². The molecule has 0 aliphatic rings. The van der Waals surface area contributed by atoms with Crippen molar-refractivity contribution in [3.8, 4) is 11.1 Å². The molecule has 2 aromatic carbocycles. The lowest BCUT2D eigenvalue weighted by molar-refractivity contribution is 0.636. The summed E-state index contributed by atoms with van der Waals surface area (Å²) in [6, 6.07) is 16.2. The van der Waals surface area contributed by atoms with Crippen molar-refractivity contribution in [2.24, 2.45) is 0 Å². The van der Waals surface area contributed by atoms with Crippen LogP contribution in [-0.4, -0.2) is 21.3 Å². The second kappa shape index (κ2) is 6.09. The van der Waals surface area contributed by atoms with Crippen LogP contribution in [0.1, 0.15) is 0 Å². The predicted octanol–water partition coefficient (Wildman–Crippen LogP) is 2.64. The molecule has 0 atom stereocenters. The molecule has 0 radical (unpaired) electrons. The van der Waals surface area contributed by atoms with Crippen LogP contribution in [0.5, 0.6) is 0 Å². The third kappa shape index (κ3) is 3.02. The zero-order valence-corrected chi connectivity index (χ0v) is 11.6. The van der Waals surface area contributed by atoms with Crippen molar-refractivity contribution in [1.29, 1.82) is 0 Å². The fourth-order valence-electron chi connectivity index (χ4n) is 2.27. The Balaban J connectivity index is 1.80. The second-order valence-electron chi connectivity index (χ2n) is 4.72. The molecule has 3 N–H and O–H groups in total. The number of nitrogen functional groups attached to an aromatic ring is 1. The van der Waals surface area contributed by atoms with E-state index in [4.69, 9.17) is 5.73 Å². The van der Waals surface area contributed by atoms with Gasteiger partial charge in [-0.05, 0) is 11.6 Å². The Morgan fingerprint density at radius 1 is 1.05 bits per heavy atom. The number of para-hydroxylation sites is 1. The Labute approximate surface area is 123 Å². The van der Waals surface area contributed by atoms with Crippen LogP contribution >= 0.6 is 0 Å². The molecule has 0 bridgehead atoms. The van der Waals surface area contributed by atoms with Gasteiger partial charge in [-0.3, -0.25) is 4.68 Å². The molecule has 3 aromatic rings. The number of nitrogens with one attached hydrogen (secondary N) is 1. The van der Waals surface area contributed by atoms with E-state index in [1.807, 2.05) is 30.3 Å². The monoisotopic (exact) mass is 279 g/mol. The van der Waals surface area contributed by atoms with E-state index in [1.54, 1.807) is 11.0 Å². The SMILES string of the molecule is Nc1cccc(-c2ccccc2)c1NCCn1cncn1. The van der Waals surface area contributed by atoms with E-state index in [0.717, 1.165) is 35.6 Å². The molecule has 21 heavy (non-hydrogen) atoms. The quantitative estimate of drug-likeness (QED) is 0.704. The second-order valence-corrected chi connectivity index (χ2v) is 4.72. The molecule has 5 heteroatoms. The predicted molar refractivity (Wildman–Crippen MR) is 84.8 cm³/mol. The number of nitrogens with zero attached hydrogens (tertiary/aromatic N) is 3. The van der Waals surface area contributed by atoms with Crippen LogP contribution in [0.3, 0.4) is 0 Å². The van der Waals surface area contributed by atoms with Crippen molar-refractivity contribution in [3.05, 3.63) is 61.2 Å². The van der Waals surface area contributed by atoms with E-state index >= 15 is 0 Å². The van der Waals surface area contributed by atoms with Crippen molar-refractivity contribution in [2.75, 3.05) is 17.6 Å². The lowest BCUT2D eigenvalue weighted by Crippen LogP contribution is -2.12. The maximum atomic E-state index is 6.12. The Morgan fingerprint density at radius 3 is 2.67 bits per heavy atom. The van der Waals surface area contributed by atoms with Gasteiger partial charge in [0.05, 0.1) is 17.9 Å². The maximum Gasteiger partial charge on any atom is 0.137 e. The first-order valence-electron chi connectivity index (χ1n) is 6.85. The molecule has 106 valence electrons. The van der Waals surface area contributed by atoms with Gasteiger partial charge in [0, 0.05) is 12.1 Å². The molecule has 0 amide bonds. The first kappa shape index (κ1) is 13.2. The Bertz CT molecular complexity index is 692. The summed E-state index contributed by atoms with van der Waals surface area (Å²) >= 11 is 0. The summed E-state index contributed by atoms with van der Waals surface area (Å²) in [6.07, 6.45) is 3.24. The van der Waals surface area contributed by atoms with Crippen molar-refractivity contribution < 1.29 is 0 Å². The molecule has 0 spiro atoms. The van der Waals surface area contributed by atoms with Crippen molar-refractivity contribution in [3.63, 3.8) is 0 Å². The van der Waals surface area contributed by atoms with E-state index in [-0.39, 0.29) is 0 Å². The highest BCUT2D eigenvalue weighted by molar-refractivity contribution is 5.86. The highest BCUT2D eigenvalue weighted by Crippen LogP contribution is 2.32. The number of aromatic nitrogens is 3. The maximum absolute atomic E-state index is 6.12. The van der Waals surface area contributed by atoms with Crippen molar-refractivity contribution in [2.45, 2.75) is 6.54 Å². The van der Waals surface area contributed by atoms with E-state index in [0.29, 0.717) is 0 Å². The summed E-state index contributed by atoms with van der Waals surface area (Å²) in [7, 11) is 0. The van der Waals surface area contributed by atoms with Crippen LogP contribution in [-0.2, 0) is 6.54 Å². The molecule has 3 rings (SSSR count). The van der Waals surface area contributed by atoms with Crippen LogP contribution in [0.2, 0.25) is 0 Å². The van der Waals surface area contributed by atoms with Crippen LogP contribution in [0, 0.1) is 0 Å². The molecule has 0 fully saturated rings. The largest absolute Gasteiger partial charge is 0.397 e. The fraction of sp³-hybridized carbons (Fsp3) is 0.125. The fourth-order valence-corrected chi connectivity index (χ4v) is 2.27. The molecule has 0 saturated carbocycles. The van der Waals surface area contributed by atoms with Gasteiger partial charge in [-0.15, -0.1) is 0 Å². The molecule has 0 aliphatic heterocycles. The molecule has 0 saturated heterocycles. The molecule has 1 aromatic heterocycles. The smallest absolute Gasteiger partial charge is 0.137 e. The van der Waals surface area contributed by atoms with Crippen molar-refractivity contribution >= 4 is 11.4 Å². The molecule has 1 heterocycles. The van der Waals surface area contributed by atoms with Gasteiger partial charge in [-0.1, -0.05) is 42.5 Å². The highest BCUT2D eigenvalue weighted by Gasteiger charge is 2.07. The van der Waals surface area contributed by atoms with Gasteiger partial charge in [-0.25, -0.2) is 4.98 Å². The van der Waals surface area contributed by atoms with Gasteiger partial charge in [-0.2, -0.15) is 5.10 Å². The first-order chi connectivity index (χ1) is 10.3. The molecule has 0 unspecified atom stereocenters. The summed E-state index contributed by atoms with van der Waals surface area (Å²) in [6.45, 7) is 1.47. The van der Waals surface area contributed by atoms with Crippen molar-refractivity contribution in [1.82, 2.24) is 14.8 Å². The topological polar surface area (TPSA) is 68.8 Å². The minimum atomic E-state index is 0.734. The number of benzene rings is 2. The number of rotatable bonds is 5. The Hall–Kier alpha value is -2.82. The zero-order valence-electron chi connectivity index (χ0n) is 11.6. The number of anilines is 2. The van der Waals surface area contributed by atoms with Gasteiger partial charge in [0.2, 0.25) is 0 Å².